The zero-order valence-electron chi connectivity index (χ0n) is 13.8. The van der Waals surface area contributed by atoms with Crippen molar-refractivity contribution in [2.45, 2.75) is 13.8 Å². The number of aryl methyl sites for hydroxylation is 2. The van der Waals surface area contributed by atoms with E-state index in [1.807, 2.05) is 36.9 Å². The van der Waals surface area contributed by atoms with Gasteiger partial charge < -0.3 is 9.42 Å². The predicted molar refractivity (Wildman–Crippen MR) is 93.7 cm³/mol. The van der Waals surface area contributed by atoms with Gasteiger partial charge in [-0.3, -0.25) is 0 Å². The van der Waals surface area contributed by atoms with Crippen LogP contribution >= 0.6 is 0 Å². The molecule has 4 rings (SSSR count). The minimum Gasteiger partial charge on any atom is -0.359 e. The normalized spacial score (nSPS) is 11.0. The van der Waals surface area contributed by atoms with Crippen molar-refractivity contribution in [1.82, 2.24) is 15.4 Å². The lowest BCUT2D eigenvalue weighted by Crippen LogP contribution is -2.11. The standard InChI is InChI=1S/C19H15FN4O/c1-12-19(13(2)25-23-12)24(17-7-4-16(20)5-8-17)18-6-3-14-10-21-22-11-15(14)9-18/h3-11H,1-2H3. The number of hydrogen-bond acceptors (Lipinski definition) is 5. The molecule has 0 N–H and O–H groups in total. The molecule has 5 nitrogen and oxygen atoms in total. The average Bonchev–Trinajstić information content (AvgIpc) is 2.96. The first kappa shape index (κ1) is 15.3. The van der Waals surface area contributed by atoms with E-state index in [4.69, 9.17) is 4.52 Å². The van der Waals surface area contributed by atoms with Gasteiger partial charge in [-0.2, -0.15) is 10.2 Å². The second-order valence-corrected chi connectivity index (χ2v) is 5.79. The van der Waals surface area contributed by atoms with Crippen LogP contribution in [-0.4, -0.2) is 15.4 Å². The maximum Gasteiger partial charge on any atom is 0.157 e. The van der Waals surface area contributed by atoms with Crippen LogP contribution in [0.4, 0.5) is 21.5 Å². The number of benzene rings is 2. The van der Waals surface area contributed by atoms with Gasteiger partial charge in [-0.25, -0.2) is 4.39 Å². The lowest BCUT2D eigenvalue weighted by Gasteiger charge is -2.25. The zero-order valence-corrected chi connectivity index (χ0v) is 13.8. The summed E-state index contributed by atoms with van der Waals surface area (Å²) >= 11 is 0. The smallest absolute Gasteiger partial charge is 0.157 e. The molecule has 2 aromatic carbocycles. The van der Waals surface area contributed by atoms with Crippen LogP contribution in [0.25, 0.3) is 10.8 Å². The molecule has 0 unspecified atom stereocenters. The zero-order chi connectivity index (χ0) is 17.4. The van der Waals surface area contributed by atoms with Crippen molar-refractivity contribution < 1.29 is 8.91 Å². The number of anilines is 3. The molecule has 0 saturated carbocycles. The van der Waals surface area contributed by atoms with Crippen LogP contribution in [0.15, 0.2) is 59.4 Å². The Bertz CT molecular complexity index is 1020. The highest BCUT2D eigenvalue weighted by molar-refractivity contribution is 5.88. The first-order valence-electron chi connectivity index (χ1n) is 7.82. The van der Waals surface area contributed by atoms with Gasteiger partial charge in [0.1, 0.15) is 17.2 Å². The predicted octanol–water partition coefficient (Wildman–Crippen LogP) is 4.84. The van der Waals surface area contributed by atoms with Crippen molar-refractivity contribution in [3.05, 3.63) is 72.1 Å². The van der Waals surface area contributed by atoms with Gasteiger partial charge >= 0.3 is 0 Å². The Morgan fingerprint density at radius 3 is 2.24 bits per heavy atom. The fourth-order valence-corrected chi connectivity index (χ4v) is 2.92. The SMILES string of the molecule is Cc1noc(C)c1N(c1ccc(F)cc1)c1ccc2cnncc2c1. The van der Waals surface area contributed by atoms with Gasteiger partial charge in [-0.1, -0.05) is 11.2 Å². The number of fused-ring (bicyclic) bond motifs is 1. The summed E-state index contributed by atoms with van der Waals surface area (Å²) in [5.41, 5.74) is 3.32. The van der Waals surface area contributed by atoms with Crippen molar-refractivity contribution in [2.75, 3.05) is 4.90 Å². The lowest BCUT2D eigenvalue weighted by molar-refractivity contribution is 0.393. The number of rotatable bonds is 3. The quantitative estimate of drug-likeness (QED) is 0.536. The second kappa shape index (κ2) is 5.98. The highest BCUT2D eigenvalue weighted by Crippen LogP contribution is 2.39. The highest BCUT2D eigenvalue weighted by atomic mass is 19.1. The molecule has 0 aliphatic carbocycles. The van der Waals surface area contributed by atoms with Gasteiger partial charge in [0, 0.05) is 22.1 Å². The lowest BCUT2D eigenvalue weighted by atomic mass is 10.1. The Hall–Kier alpha value is -3.28. The molecule has 0 spiro atoms. The van der Waals surface area contributed by atoms with Crippen LogP contribution in [0.2, 0.25) is 0 Å². The van der Waals surface area contributed by atoms with Gasteiger partial charge in [0.15, 0.2) is 5.76 Å². The highest BCUT2D eigenvalue weighted by Gasteiger charge is 2.21. The Balaban J connectivity index is 1.94. The van der Waals surface area contributed by atoms with Crippen molar-refractivity contribution in [1.29, 1.82) is 0 Å². The summed E-state index contributed by atoms with van der Waals surface area (Å²) in [5.74, 6) is 0.408. The largest absolute Gasteiger partial charge is 0.359 e. The maximum atomic E-state index is 13.4. The van der Waals surface area contributed by atoms with E-state index in [0.29, 0.717) is 5.76 Å². The number of halogens is 1. The number of nitrogens with zero attached hydrogens (tertiary/aromatic N) is 4. The average molecular weight is 334 g/mol. The summed E-state index contributed by atoms with van der Waals surface area (Å²) in [5, 5.41) is 13.9. The molecule has 4 aromatic rings. The molecule has 6 heteroatoms. The maximum absolute atomic E-state index is 13.4. The molecular weight excluding hydrogens is 319 g/mol. The molecule has 0 amide bonds. The minimum atomic E-state index is -0.281. The Kier molecular flexibility index (Phi) is 3.65. The van der Waals surface area contributed by atoms with E-state index in [2.05, 4.69) is 15.4 Å². The minimum absolute atomic E-state index is 0.281. The second-order valence-electron chi connectivity index (χ2n) is 5.79. The molecule has 2 aromatic heterocycles. The molecule has 0 aliphatic heterocycles. The van der Waals surface area contributed by atoms with Crippen LogP contribution in [0.5, 0.6) is 0 Å². The third-order valence-electron chi connectivity index (χ3n) is 4.09. The Morgan fingerprint density at radius 1 is 0.880 bits per heavy atom. The van der Waals surface area contributed by atoms with E-state index in [-0.39, 0.29) is 5.82 Å². The number of aromatic nitrogens is 3. The van der Waals surface area contributed by atoms with Gasteiger partial charge in [-0.15, -0.1) is 0 Å². The molecule has 0 bridgehead atoms. The van der Waals surface area contributed by atoms with E-state index in [1.165, 1.54) is 12.1 Å². The van der Waals surface area contributed by atoms with Crippen LogP contribution < -0.4 is 4.90 Å². The third kappa shape index (κ3) is 2.71. The number of hydrogen-bond donors (Lipinski definition) is 0. The molecule has 0 atom stereocenters. The van der Waals surface area contributed by atoms with Crippen molar-refractivity contribution in [3.8, 4) is 0 Å². The third-order valence-corrected chi connectivity index (χ3v) is 4.09. The van der Waals surface area contributed by atoms with Crippen LogP contribution in [-0.2, 0) is 0 Å². The summed E-state index contributed by atoms with van der Waals surface area (Å²) in [4.78, 5) is 2.00. The van der Waals surface area contributed by atoms with Gasteiger partial charge in [0.25, 0.3) is 0 Å². The monoisotopic (exact) mass is 334 g/mol. The summed E-state index contributed by atoms with van der Waals surface area (Å²) < 4.78 is 18.7. The van der Waals surface area contributed by atoms with E-state index in [0.717, 1.165) is 33.5 Å². The molecule has 0 fully saturated rings. The summed E-state index contributed by atoms with van der Waals surface area (Å²) in [7, 11) is 0. The van der Waals surface area contributed by atoms with Crippen molar-refractivity contribution >= 4 is 27.8 Å². The molecule has 124 valence electrons. The van der Waals surface area contributed by atoms with Gasteiger partial charge in [0.2, 0.25) is 0 Å². The van der Waals surface area contributed by atoms with Crippen LogP contribution in [0, 0.1) is 19.7 Å². The summed E-state index contributed by atoms with van der Waals surface area (Å²) in [6, 6.07) is 12.3. The van der Waals surface area contributed by atoms with Crippen LogP contribution in [0.3, 0.4) is 0 Å². The Morgan fingerprint density at radius 2 is 1.56 bits per heavy atom. The van der Waals surface area contributed by atoms with Crippen molar-refractivity contribution in [3.63, 3.8) is 0 Å². The van der Waals surface area contributed by atoms with E-state index in [1.54, 1.807) is 24.5 Å². The van der Waals surface area contributed by atoms with Gasteiger partial charge in [-0.05, 0) is 50.2 Å². The van der Waals surface area contributed by atoms with Crippen LogP contribution in [0.1, 0.15) is 11.5 Å². The van der Waals surface area contributed by atoms with Crippen molar-refractivity contribution in [2.24, 2.45) is 0 Å². The van der Waals surface area contributed by atoms with Gasteiger partial charge in [0.05, 0.1) is 12.4 Å². The topological polar surface area (TPSA) is 55.1 Å². The molecule has 0 aliphatic rings. The first-order chi connectivity index (χ1) is 12.1. The fourth-order valence-electron chi connectivity index (χ4n) is 2.92. The molecular formula is C19H15FN4O. The van der Waals surface area contributed by atoms with E-state index >= 15 is 0 Å². The van der Waals surface area contributed by atoms with E-state index < -0.39 is 0 Å². The molecule has 25 heavy (non-hydrogen) atoms. The molecule has 2 heterocycles. The summed E-state index contributed by atoms with van der Waals surface area (Å²) in [6.45, 7) is 3.74. The molecule has 0 saturated heterocycles. The molecule has 0 radical (unpaired) electrons. The Labute approximate surface area is 143 Å². The van der Waals surface area contributed by atoms with E-state index in [9.17, 15) is 4.39 Å². The first-order valence-corrected chi connectivity index (χ1v) is 7.82. The summed E-state index contributed by atoms with van der Waals surface area (Å²) in [6.07, 6.45) is 3.44. The fraction of sp³-hybridized carbons (Fsp3) is 0.105.